The monoisotopic (exact) mass is 622 g/mol. The number of carbonyl (C=O) groups excluding carboxylic acids is 1. The predicted octanol–water partition coefficient (Wildman–Crippen LogP) is 11.9. The summed E-state index contributed by atoms with van der Waals surface area (Å²) in [6.45, 7) is 4.35. The van der Waals surface area contributed by atoms with E-state index >= 15 is 0 Å². The van der Waals surface area contributed by atoms with Gasteiger partial charge in [-0.15, -0.1) is 0 Å². The summed E-state index contributed by atoms with van der Waals surface area (Å²) in [6, 6.07) is -0.532. The van der Waals surface area contributed by atoms with Crippen LogP contribution in [-0.4, -0.2) is 34.9 Å². The molecule has 0 aliphatic carbocycles. The van der Waals surface area contributed by atoms with Crippen LogP contribution in [0.3, 0.4) is 0 Å². The molecular weight excluding hydrogens is 542 g/mol. The van der Waals surface area contributed by atoms with Crippen LogP contribution in [0.4, 0.5) is 0 Å². The Balaban J connectivity index is 3.52. The minimum atomic E-state index is -0.655. The molecule has 0 aliphatic rings. The average molecular weight is 622 g/mol. The molecule has 0 unspecified atom stereocenters. The van der Waals surface area contributed by atoms with Gasteiger partial charge in [-0.3, -0.25) is 4.79 Å². The number of hydrogen-bond donors (Lipinski definition) is 3. The van der Waals surface area contributed by atoms with Gasteiger partial charge in [0.15, 0.2) is 0 Å². The maximum Gasteiger partial charge on any atom is 0.220 e. The van der Waals surface area contributed by atoms with Gasteiger partial charge < -0.3 is 15.5 Å². The van der Waals surface area contributed by atoms with Gasteiger partial charge in [0.25, 0.3) is 0 Å². The van der Waals surface area contributed by atoms with Crippen molar-refractivity contribution in [3.05, 3.63) is 12.2 Å². The smallest absolute Gasteiger partial charge is 0.220 e. The summed E-state index contributed by atoms with van der Waals surface area (Å²) in [7, 11) is 0. The molecule has 0 aromatic heterocycles. The SMILES string of the molecule is CCCCCCCCC=CCCCCCCCCCCCC(=O)N[C@@H](CO)[C@H](O)CCCCCCCCCCCCCCC. The second-order valence-corrected chi connectivity index (χ2v) is 13.7. The van der Waals surface area contributed by atoms with E-state index in [0.717, 1.165) is 25.7 Å². The molecule has 0 saturated heterocycles. The normalized spacial score (nSPS) is 13.1. The van der Waals surface area contributed by atoms with Crippen molar-refractivity contribution < 1.29 is 15.0 Å². The van der Waals surface area contributed by atoms with Crippen LogP contribution in [0, 0.1) is 0 Å². The van der Waals surface area contributed by atoms with Crippen LogP contribution in [-0.2, 0) is 4.79 Å². The number of rotatable bonds is 36. The summed E-state index contributed by atoms with van der Waals surface area (Å²) in [4.78, 5) is 12.3. The molecule has 2 atom stereocenters. The average Bonchev–Trinajstić information content (AvgIpc) is 3.03. The molecule has 4 heteroatoms. The van der Waals surface area contributed by atoms with Gasteiger partial charge in [-0.25, -0.2) is 0 Å². The van der Waals surface area contributed by atoms with Crippen molar-refractivity contribution >= 4 is 5.91 Å². The number of allylic oxidation sites excluding steroid dienone is 2. The highest BCUT2D eigenvalue weighted by molar-refractivity contribution is 5.76. The third kappa shape index (κ3) is 32.5. The molecule has 0 saturated carbocycles. The molecule has 3 N–H and O–H groups in total. The Kier molecular flexibility index (Phi) is 35.9. The Morgan fingerprint density at radius 1 is 0.523 bits per heavy atom. The number of aliphatic hydroxyl groups excluding tert-OH is 2. The van der Waals surface area contributed by atoms with Gasteiger partial charge in [0.2, 0.25) is 5.91 Å². The zero-order valence-electron chi connectivity index (χ0n) is 29.9. The highest BCUT2D eigenvalue weighted by Crippen LogP contribution is 2.15. The minimum absolute atomic E-state index is 0.0329. The van der Waals surface area contributed by atoms with Crippen molar-refractivity contribution in [2.45, 2.75) is 231 Å². The fourth-order valence-corrected chi connectivity index (χ4v) is 6.18. The maximum absolute atomic E-state index is 12.3. The Labute approximate surface area is 276 Å². The third-order valence-corrected chi connectivity index (χ3v) is 9.28. The van der Waals surface area contributed by atoms with Gasteiger partial charge in [-0.05, 0) is 38.5 Å². The van der Waals surface area contributed by atoms with E-state index in [0.29, 0.717) is 12.8 Å². The zero-order valence-corrected chi connectivity index (χ0v) is 29.9. The van der Waals surface area contributed by atoms with Gasteiger partial charge in [0, 0.05) is 6.42 Å². The Hall–Kier alpha value is -0.870. The zero-order chi connectivity index (χ0) is 32.2. The Bertz CT molecular complexity index is 593. The molecule has 262 valence electrons. The van der Waals surface area contributed by atoms with E-state index in [4.69, 9.17) is 0 Å². The van der Waals surface area contributed by atoms with Crippen LogP contribution >= 0.6 is 0 Å². The van der Waals surface area contributed by atoms with Crippen molar-refractivity contribution in [3.8, 4) is 0 Å². The van der Waals surface area contributed by atoms with Gasteiger partial charge >= 0.3 is 0 Å². The van der Waals surface area contributed by atoms with Crippen LogP contribution in [0.5, 0.6) is 0 Å². The number of nitrogens with one attached hydrogen (secondary N) is 1. The van der Waals surface area contributed by atoms with E-state index in [1.807, 2.05) is 0 Å². The van der Waals surface area contributed by atoms with Crippen LogP contribution in [0.15, 0.2) is 12.2 Å². The topological polar surface area (TPSA) is 69.6 Å². The van der Waals surface area contributed by atoms with Gasteiger partial charge in [0.05, 0.1) is 18.8 Å². The lowest BCUT2D eigenvalue weighted by Gasteiger charge is -2.22. The lowest BCUT2D eigenvalue weighted by Crippen LogP contribution is -2.45. The summed E-state index contributed by atoms with van der Waals surface area (Å²) in [5.41, 5.74) is 0. The number of carbonyl (C=O) groups is 1. The Morgan fingerprint density at radius 2 is 0.864 bits per heavy atom. The molecular formula is C40H79NO3. The molecule has 0 aliphatic heterocycles. The molecule has 0 aromatic rings. The van der Waals surface area contributed by atoms with Crippen LogP contribution in [0.2, 0.25) is 0 Å². The van der Waals surface area contributed by atoms with E-state index in [9.17, 15) is 15.0 Å². The summed E-state index contributed by atoms with van der Waals surface area (Å²) in [5.74, 6) is -0.0329. The first kappa shape index (κ1) is 43.1. The fraction of sp³-hybridized carbons (Fsp3) is 0.925. The molecule has 44 heavy (non-hydrogen) atoms. The first-order valence-corrected chi connectivity index (χ1v) is 19.9. The molecule has 0 heterocycles. The first-order valence-electron chi connectivity index (χ1n) is 19.9. The van der Waals surface area contributed by atoms with E-state index in [-0.39, 0.29) is 12.5 Å². The fourth-order valence-electron chi connectivity index (χ4n) is 6.18. The summed E-state index contributed by atoms with van der Waals surface area (Å²) < 4.78 is 0. The van der Waals surface area contributed by atoms with E-state index < -0.39 is 12.1 Å². The number of unbranched alkanes of at least 4 members (excludes halogenated alkanes) is 27. The van der Waals surface area contributed by atoms with E-state index in [2.05, 4.69) is 31.3 Å². The number of aliphatic hydroxyl groups is 2. The minimum Gasteiger partial charge on any atom is -0.394 e. The predicted molar refractivity (Wildman–Crippen MR) is 193 cm³/mol. The lowest BCUT2D eigenvalue weighted by atomic mass is 10.0. The quantitative estimate of drug-likeness (QED) is 0.0481. The number of amides is 1. The molecule has 0 aromatic carbocycles. The third-order valence-electron chi connectivity index (χ3n) is 9.28. The van der Waals surface area contributed by atoms with Crippen molar-refractivity contribution in [2.75, 3.05) is 6.61 Å². The molecule has 1 amide bonds. The molecule has 0 fully saturated rings. The maximum atomic E-state index is 12.3. The summed E-state index contributed by atoms with van der Waals surface area (Å²) >= 11 is 0. The highest BCUT2D eigenvalue weighted by atomic mass is 16.3. The van der Waals surface area contributed by atoms with Gasteiger partial charge in [0.1, 0.15) is 0 Å². The largest absolute Gasteiger partial charge is 0.394 e. The van der Waals surface area contributed by atoms with Crippen molar-refractivity contribution in [3.63, 3.8) is 0 Å². The second kappa shape index (κ2) is 36.6. The molecule has 0 rings (SSSR count). The van der Waals surface area contributed by atoms with Crippen LogP contribution in [0.25, 0.3) is 0 Å². The van der Waals surface area contributed by atoms with Crippen molar-refractivity contribution in [2.24, 2.45) is 0 Å². The summed E-state index contributed by atoms with van der Waals surface area (Å²) in [6.07, 6.45) is 44.1. The van der Waals surface area contributed by atoms with Gasteiger partial charge in [-0.2, -0.15) is 0 Å². The van der Waals surface area contributed by atoms with Crippen molar-refractivity contribution in [1.82, 2.24) is 5.32 Å². The van der Waals surface area contributed by atoms with E-state index in [1.54, 1.807) is 0 Å². The molecule has 0 bridgehead atoms. The second-order valence-electron chi connectivity index (χ2n) is 13.7. The van der Waals surface area contributed by atoms with Crippen molar-refractivity contribution in [1.29, 1.82) is 0 Å². The number of hydrogen-bond acceptors (Lipinski definition) is 3. The summed E-state index contributed by atoms with van der Waals surface area (Å²) in [5, 5.41) is 23.1. The van der Waals surface area contributed by atoms with Crippen LogP contribution < -0.4 is 5.32 Å². The van der Waals surface area contributed by atoms with Gasteiger partial charge in [-0.1, -0.05) is 187 Å². The molecule has 4 nitrogen and oxygen atoms in total. The molecule has 0 spiro atoms. The Morgan fingerprint density at radius 3 is 1.25 bits per heavy atom. The van der Waals surface area contributed by atoms with E-state index in [1.165, 1.54) is 167 Å². The lowest BCUT2D eigenvalue weighted by molar-refractivity contribution is -0.123. The standard InChI is InChI=1S/C40H79NO3/c1-3-5-7-9-11-13-15-17-18-19-20-21-22-24-26-28-30-32-34-36-40(44)41-38(37-42)39(43)35-33-31-29-27-25-23-16-14-12-10-8-6-4-2/h17-18,38-39,42-43H,3-16,19-37H2,1-2H3,(H,41,44)/t38-,39+/m0/s1. The van der Waals surface area contributed by atoms with Crippen LogP contribution in [0.1, 0.15) is 219 Å². The molecule has 0 radical (unpaired) electrons. The first-order chi connectivity index (χ1) is 21.7. The highest BCUT2D eigenvalue weighted by Gasteiger charge is 2.19.